The molecule has 0 bridgehead atoms. The molecule has 0 radical (unpaired) electrons. The van der Waals surface area contributed by atoms with Crippen LogP contribution in [-0.2, 0) is 9.53 Å². The highest BCUT2D eigenvalue weighted by Crippen LogP contribution is 2.33. The molecule has 1 aromatic carbocycles. The smallest absolute Gasteiger partial charge is 0.341 e. The van der Waals surface area contributed by atoms with Crippen molar-refractivity contribution in [1.29, 1.82) is 0 Å². The van der Waals surface area contributed by atoms with Crippen molar-refractivity contribution in [3.05, 3.63) is 45.8 Å². The second-order valence-corrected chi connectivity index (χ2v) is 7.18. The number of thiophene rings is 1. The summed E-state index contributed by atoms with van der Waals surface area (Å²) < 4.78 is 10.5. The van der Waals surface area contributed by atoms with Crippen LogP contribution in [0, 0.1) is 13.8 Å². The van der Waals surface area contributed by atoms with E-state index in [0.29, 0.717) is 21.9 Å². The van der Waals surface area contributed by atoms with E-state index in [2.05, 4.69) is 5.32 Å². The number of hydrogen-bond acceptors (Lipinski definition) is 7. The summed E-state index contributed by atoms with van der Waals surface area (Å²) in [6.45, 7) is 7.23. The Kier molecular flexibility index (Phi) is 7.13. The summed E-state index contributed by atoms with van der Waals surface area (Å²) in [4.78, 5) is 37.1. The predicted molar refractivity (Wildman–Crippen MR) is 107 cm³/mol. The first-order valence-electron chi connectivity index (χ1n) is 8.64. The molecule has 0 saturated heterocycles. The minimum Gasteiger partial charge on any atom is -0.481 e. The first-order valence-corrected chi connectivity index (χ1v) is 9.45. The first-order chi connectivity index (χ1) is 13.3. The molecule has 0 unspecified atom stereocenters. The number of anilines is 1. The lowest BCUT2D eigenvalue weighted by atomic mass is 10.1. The highest BCUT2D eigenvalue weighted by Gasteiger charge is 2.22. The Morgan fingerprint density at radius 2 is 1.82 bits per heavy atom. The van der Waals surface area contributed by atoms with Crippen LogP contribution in [0.25, 0.3) is 0 Å². The van der Waals surface area contributed by atoms with Crippen LogP contribution in [-0.4, -0.2) is 30.5 Å². The number of aryl methyl sites for hydroxylation is 1. The van der Waals surface area contributed by atoms with Gasteiger partial charge in [0.25, 0.3) is 11.8 Å². The van der Waals surface area contributed by atoms with E-state index in [0.717, 1.165) is 10.4 Å². The molecule has 0 aliphatic rings. The maximum atomic E-state index is 12.6. The maximum Gasteiger partial charge on any atom is 0.341 e. The van der Waals surface area contributed by atoms with Crippen LogP contribution < -0.4 is 21.3 Å². The molecule has 1 atom stereocenters. The van der Waals surface area contributed by atoms with Crippen molar-refractivity contribution in [2.45, 2.75) is 33.8 Å². The van der Waals surface area contributed by atoms with Crippen molar-refractivity contribution in [3.63, 3.8) is 0 Å². The lowest BCUT2D eigenvalue weighted by Crippen LogP contribution is -2.40. The molecule has 0 aliphatic carbocycles. The van der Waals surface area contributed by atoms with E-state index in [9.17, 15) is 14.4 Å². The normalized spacial score (nSPS) is 11.5. The Morgan fingerprint density at radius 1 is 1.18 bits per heavy atom. The summed E-state index contributed by atoms with van der Waals surface area (Å²) in [5.41, 5.74) is 3.54. The number of amides is 2. The van der Waals surface area contributed by atoms with Crippen molar-refractivity contribution in [2.24, 2.45) is 5.84 Å². The standard InChI is InChI=1S/C19H23N3O5S/c1-5-26-19(25)15-10(2)12(4)28-18(15)21-17(24)13-6-8-14(9-7-13)27-11(3)16(23)22-20/h6-9,11H,5,20H2,1-4H3,(H,21,24)(H,22,23)/t11-/m1/s1. The number of nitrogens with one attached hydrogen (secondary N) is 2. The Morgan fingerprint density at radius 3 is 2.39 bits per heavy atom. The third kappa shape index (κ3) is 4.87. The molecule has 0 fully saturated rings. The molecule has 0 aliphatic heterocycles. The molecule has 1 heterocycles. The maximum absolute atomic E-state index is 12.6. The van der Waals surface area contributed by atoms with Crippen LogP contribution in [0.2, 0.25) is 0 Å². The summed E-state index contributed by atoms with van der Waals surface area (Å²) >= 11 is 1.32. The van der Waals surface area contributed by atoms with E-state index in [1.165, 1.54) is 11.3 Å². The number of ether oxygens (including phenoxy) is 2. The van der Waals surface area contributed by atoms with Crippen LogP contribution in [0.1, 0.15) is 45.0 Å². The fraction of sp³-hybridized carbons (Fsp3) is 0.316. The van der Waals surface area contributed by atoms with E-state index in [-0.39, 0.29) is 12.5 Å². The zero-order valence-electron chi connectivity index (χ0n) is 16.1. The molecule has 0 saturated carbocycles. The van der Waals surface area contributed by atoms with Gasteiger partial charge in [-0.3, -0.25) is 15.0 Å². The fourth-order valence-electron chi connectivity index (χ4n) is 2.40. The van der Waals surface area contributed by atoms with Gasteiger partial charge in [-0.05, 0) is 57.5 Å². The van der Waals surface area contributed by atoms with Gasteiger partial charge in [-0.25, -0.2) is 10.6 Å². The number of nitrogens with two attached hydrogens (primary N) is 1. The second kappa shape index (κ2) is 9.34. The van der Waals surface area contributed by atoms with Gasteiger partial charge in [0, 0.05) is 10.4 Å². The molecule has 1 aromatic heterocycles. The minimum atomic E-state index is -0.770. The van der Waals surface area contributed by atoms with Gasteiger partial charge in [0.15, 0.2) is 6.10 Å². The van der Waals surface area contributed by atoms with Crippen LogP contribution in [0.3, 0.4) is 0 Å². The Bertz CT molecular complexity index is 876. The SMILES string of the molecule is CCOC(=O)c1c(NC(=O)c2ccc(O[C@H](C)C(=O)NN)cc2)sc(C)c1C. The van der Waals surface area contributed by atoms with Crippen LogP contribution in [0.4, 0.5) is 5.00 Å². The number of carbonyl (C=O) groups excluding carboxylic acids is 3. The average Bonchev–Trinajstić information content (AvgIpc) is 2.95. The molecule has 2 rings (SSSR count). The van der Waals surface area contributed by atoms with Crippen LogP contribution >= 0.6 is 11.3 Å². The first kappa shape index (κ1) is 21.4. The predicted octanol–water partition coefficient (Wildman–Crippen LogP) is 2.55. The average molecular weight is 405 g/mol. The van der Waals surface area contributed by atoms with Crippen molar-refractivity contribution >= 4 is 34.1 Å². The molecule has 4 N–H and O–H groups in total. The second-order valence-electron chi connectivity index (χ2n) is 5.96. The van der Waals surface area contributed by atoms with Gasteiger partial charge in [-0.2, -0.15) is 0 Å². The van der Waals surface area contributed by atoms with E-state index in [1.54, 1.807) is 38.1 Å². The van der Waals surface area contributed by atoms with Gasteiger partial charge < -0.3 is 14.8 Å². The monoisotopic (exact) mass is 405 g/mol. The lowest BCUT2D eigenvalue weighted by Gasteiger charge is -2.13. The fourth-order valence-corrected chi connectivity index (χ4v) is 3.44. The third-order valence-electron chi connectivity index (χ3n) is 4.03. The number of benzene rings is 1. The summed E-state index contributed by atoms with van der Waals surface area (Å²) in [6.07, 6.45) is -0.770. The lowest BCUT2D eigenvalue weighted by molar-refractivity contribution is -0.127. The van der Waals surface area contributed by atoms with Gasteiger partial charge >= 0.3 is 5.97 Å². The number of carbonyl (C=O) groups is 3. The van der Waals surface area contributed by atoms with Crippen LogP contribution in [0.5, 0.6) is 5.75 Å². The molecule has 2 amide bonds. The minimum absolute atomic E-state index is 0.253. The van der Waals surface area contributed by atoms with E-state index >= 15 is 0 Å². The Hall–Kier alpha value is -2.91. The molecule has 0 spiro atoms. The zero-order valence-corrected chi connectivity index (χ0v) is 16.9. The number of rotatable bonds is 7. The molecular weight excluding hydrogens is 382 g/mol. The van der Waals surface area contributed by atoms with Crippen LogP contribution in [0.15, 0.2) is 24.3 Å². The topological polar surface area (TPSA) is 120 Å². The highest BCUT2D eigenvalue weighted by atomic mass is 32.1. The summed E-state index contributed by atoms with van der Waals surface area (Å²) in [6, 6.07) is 6.28. The molecule has 9 heteroatoms. The van der Waals surface area contributed by atoms with Gasteiger partial charge in [-0.1, -0.05) is 0 Å². The Balaban J connectivity index is 2.14. The summed E-state index contributed by atoms with van der Waals surface area (Å²) in [7, 11) is 0. The summed E-state index contributed by atoms with van der Waals surface area (Å²) in [5, 5.41) is 3.22. The van der Waals surface area contributed by atoms with Crippen molar-refractivity contribution in [1.82, 2.24) is 5.43 Å². The van der Waals surface area contributed by atoms with E-state index in [4.69, 9.17) is 15.3 Å². The van der Waals surface area contributed by atoms with Gasteiger partial charge in [0.1, 0.15) is 10.8 Å². The largest absolute Gasteiger partial charge is 0.481 e. The number of hydrogen-bond donors (Lipinski definition) is 3. The van der Waals surface area contributed by atoms with E-state index < -0.39 is 18.0 Å². The summed E-state index contributed by atoms with van der Waals surface area (Å²) in [5.74, 6) is 4.19. The van der Waals surface area contributed by atoms with Crippen molar-refractivity contribution in [3.8, 4) is 5.75 Å². The molecular formula is C19H23N3O5S. The van der Waals surface area contributed by atoms with E-state index in [1.807, 2.05) is 19.3 Å². The van der Waals surface area contributed by atoms with Gasteiger partial charge in [0.05, 0.1) is 12.2 Å². The highest BCUT2D eigenvalue weighted by molar-refractivity contribution is 7.16. The Labute approximate surface area is 167 Å². The van der Waals surface area contributed by atoms with Crippen molar-refractivity contribution in [2.75, 3.05) is 11.9 Å². The zero-order chi connectivity index (χ0) is 20.8. The molecule has 2 aromatic rings. The van der Waals surface area contributed by atoms with Gasteiger partial charge in [0.2, 0.25) is 0 Å². The molecule has 8 nitrogen and oxygen atoms in total. The molecule has 150 valence electrons. The van der Waals surface area contributed by atoms with Crippen molar-refractivity contribution < 1.29 is 23.9 Å². The molecule has 28 heavy (non-hydrogen) atoms. The third-order valence-corrected chi connectivity index (χ3v) is 5.16. The van der Waals surface area contributed by atoms with Gasteiger partial charge in [-0.15, -0.1) is 11.3 Å². The quantitative estimate of drug-likeness (QED) is 0.282. The number of hydrazine groups is 1. The number of esters is 1.